The highest BCUT2D eigenvalue weighted by Crippen LogP contribution is 2.15. The predicted octanol–water partition coefficient (Wildman–Crippen LogP) is 6.39. The fraction of sp³-hybridized carbons (Fsp3) is 0.333. The molecular formula is C27H40Cl3N7O6S2. The minimum Gasteiger partial charge on any atom is -0.399 e. The number of nitrogen functional groups attached to an aromatic ring is 1. The Bertz CT molecular complexity index is 1610. The van der Waals surface area contributed by atoms with Crippen LogP contribution in [0.4, 0.5) is 5.69 Å². The van der Waals surface area contributed by atoms with Gasteiger partial charge in [-0.3, -0.25) is 8.37 Å². The van der Waals surface area contributed by atoms with E-state index in [1.165, 1.54) is 36.4 Å². The lowest BCUT2D eigenvalue weighted by Gasteiger charge is -2.04. The molecule has 2 heterocycles. The molecule has 2 aromatic heterocycles. The Kier molecular flexibility index (Phi) is 21.5. The van der Waals surface area contributed by atoms with Crippen LogP contribution in [0.3, 0.4) is 0 Å². The molecule has 45 heavy (non-hydrogen) atoms. The molecule has 0 atom stereocenters. The fourth-order valence-electron chi connectivity index (χ4n) is 2.78. The van der Waals surface area contributed by atoms with Gasteiger partial charge in [-0.15, -0.1) is 0 Å². The smallest absolute Gasteiger partial charge is 0.296 e. The summed E-state index contributed by atoms with van der Waals surface area (Å²) in [6, 6.07) is 12.1. The van der Waals surface area contributed by atoms with Gasteiger partial charge in [-0.1, -0.05) is 41.8 Å². The van der Waals surface area contributed by atoms with Crippen LogP contribution in [0.25, 0.3) is 0 Å². The average molecular weight is 729 g/mol. The largest absolute Gasteiger partial charge is 0.399 e. The van der Waals surface area contributed by atoms with Crippen LogP contribution in [0, 0.1) is 13.8 Å². The third-order valence-electron chi connectivity index (χ3n) is 4.64. The van der Waals surface area contributed by atoms with Crippen molar-refractivity contribution in [2.24, 2.45) is 0 Å². The zero-order valence-corrected chi connectivity index (χ0v) is 25.9. The van der Waals surface area contributed by atoms with E-state index in [1.54, 1.807) is 26.0 Å². The van der Waals surface area contributed by atoms with Gasteiger partial charge in [0.1, 0.15) is 17.5 Å². The summed E-state index contributed by atoms with van der Waals surface area (Å²) in [7, 11) is -4.99. The van der Waals surface area contributed by atoms with Crippen molar-refractivity contribution in [2.45, 2.75) is 59.8 Å². The van der Waals surface area contributed by atoms with E-state index in [2.05, 4.69) is 38.3 Å². The van der Waals surface area contributed by atoms with E-state index in [-0.39, 0.29) is 55.3 Å². The molecule has 13 nitrogen and oxygen atoms in total. The Morgan fingerprint density at radius 3 is 1.31 bits per heavy atom. The second-order valence-electron chi connectivity index (χ2n) is 7.62. The first kappa shape index (κ1) is 46.4. The summed E-state index contributed by atoms with van der Waals surface area (Å²) < 4.78 is 53.8. The average Bonchev–Trinajstić information content (AvgIpc) is 2.89. The Labute approximate surface area is 281 Å². The standard InChI is InChI=1S/C12H12ClN3O3S.C7H9NO3S.C4H3Cl2N3.4CH4/c1-8-14-11(16-12(13)15-8)7-9-3-5-10(6-4-9)20(17,18)19-2;1-11-12(9,10)7-4-2-6(8)3-5-7;1-2-7-3(5)9-4(6)8-2;;;;/h3-6H,7H2,1-2H3;2-5H,8H2,1H3;1H3;4*1H4. The molecule has 0 bridgehead atoms. The number of hydrogen-bond acceptors (Lipinski definition) is 13. The van der Waals surface area contributed by atoms with E-state index in [0.29, 0.717) is 29.6 Å². The number of halogens is 3. The van der Waals surface area contributed by atoms with Crippen molar-refractivity contribution in [3.63, 3.8) is 0 Å². The second kappa shape index (κ2) is 20.9. The highest BCUT2D eigenvalue weighted by atomic mass is 35.5. The number of anilines is 1. The van der Waals surface area contributed by atoms with Gasteiger partial charge in [0, 0.05) is 12.1 Å². The van der Waals surface area contributed by atoms with E-state index < -0.39 is 20.2 Å². The molecule has 0 aliphatic rings. The van der Waals surface area contributed by atoms with Gasteiger partial charge in [0.15, 0.2) is 0 Å². The number of aryl methyl sites for hydroxylation is 2. The van der Waals surface area contributed by atoms with E-state index in [0.717, 1.165) is 19.8 Å². The van der Waals surface area contributed by atoms with Crippen LogP contribution in [0.1, 0.15) is 52.7 Å². The zero-order valence-electron chi connectivity index (χ0n) is 22.0. The van der Waals surface area contributed by atoms with E-state index in [4.69, 9.17) is 40.5 Å². The summed E-state index contributed by atoms with van der Waals surface area (Å²) in [6.45, 7) is 3.42. The fourth-order valence-corrected chi connectivity index (χ4v) is 4.77. The number of nitrogens with zero attached hydrogens (tertiary/aromatic N) is 6. The normalized spacial score (nSPS) is 10.1. The summed E-state index contributed by atoms with van der Waals surface area (Å²) in [5.74, 6) is 1.60. The Morgan fingerprint density at radius 1 is 0.600 bits per heavy atom. The SMILES string of the molecule is C.C.C.C.COS(=O)(=O)c1ccc(Cc2nc(C)nc(Cl)n2)cc1.COS(=O)(=O)c1ccc(N)cc1.Cc1nc(Cl)nc(Cl)n1. The molecule has 2 N–H and O–H groups in total. The lowest BCUT2D eigenvalue weighted by atomic mass is 10.1. The van der Waals surface area contributed by atoms with Crippen molar-refractivity contribution >= 4 is 60.7 Å². The molecule has 252 valence electrons. The molecular weight excluding hydrogens is 689 g/mol. The van der Waals surface area contributed by atoms with Crippen molar-refractivity contribution in [3.8, 4) is 0 Å². The van der Waals surface area contributed by atoms with Gasteiger partial charge < -0.3 is 5.73 Å². The van der Waals surface area contributed by atoms with E-state index >= 15 is 0 Å². The number of nitrogens with two attached hydrogens (primary N) is 1. The molecule has 4 aromatic rings. The zero-order chi connectivity index (χ0) is 30.8. The Balaban J connectivity index is -0.000000611. The van der Waals surface area contributed by atoms with Gasteiger partial charge in [-0.25, -0.2) is 24.9 Å². The van der Waals surface area contributed by atoms with E-state index in [9.17, 15) is 16.8 Å². The summed E-state index contributed by atoms with van der Waals surface area (Å²) in [4.78, 5) is 23.2. The first-order valence-corrected chi connectivity index (χ1v) is 15.1. The molecule has 0 spiro atoms. The number of rotatable bonds is 6. The van der Waals surface area contributed by atoms with Crippen molar-refractivity contribution in [2.75, 3.05) is 20.0 Å². The van der Waals surface area contributed by atoms with E-state index in [1.807, 2.05) is 0 Å². The maximum atomic E-state index is 11.5. The number of hydrogen-bond donors (Lipinski definition) is 1. The monoisotopic (exact) mass is 727 g/mol. The molecule has 0 aliphatic heterocycles. The summed E-state index contributed by atoms with van der Waals surface area (Å²) in [5.41, 5.74) is 6.76. The lowest BCUT2D eigenvalue weighted by Crippen LogP contribution is -2.04. The maximum absolute atomic E-state index is 11.5. The molecule has 0 saturated heterocycles. The van der Waals surface area contributed by atoms with Crippen LogP contribution in [0.2, 0.25) is 15.9 Å². The molecule has 4 rings (SSSR count). The topological polar surface area (TPSA) is 190 Å². The first-order valence-electron chi connectivity index (χ1n) is 11.1. The second-order valence-corrected chi connectivity index (χ2v) is 12.1. The highest BCUT2D eigenvalue weighted by Gasteiger charge is 2.13. The minimum absolute atomic E-state index is 0. The minimum atomic E-state index is -3.66. The molecule has 0 fully saturated rings. The molecule has 2 aromatic carbocycles. The maximum Gasteiger partial charge on any atom is 0.296 e. The van der Waals surface area contributed by atoms with Crippen molar-refractivity contribution < 1.29 is 25.2 Å². The van der Waals surface area contributed by atoms with Gasteiger partial charge in [0.25, 0.3) is 20.2 Å². The first-order chi connectivity index (χ1) is 19.1. The quantitative estimate of drug-likeness (QED) is 0.170. The molecule has 18 heteroatoms. The lowest BCUT2D eigenvalue weighted by molar-refractivity contribution is 0.396. The molecule has 0 unspecified atom stereocenters. The summed E-state index contributed by atoms with van der Waals surface area (Å²) >= 11 is 16.6. The van der Waals surface area contributed by atoms with Crippen molar-refractivity contribution in [1.82, 2.24) is 29.9 Å². The highest BCUT2D eigenvalue weighted by molar-refractivity contribution is 7.87. The van der Waals surface area contributed by atoms with Gasteiger partial charge in [-0.05, 0) is 90.6 Å². The van der Waals surface area contributed by atoms with Crippen molar-refractivity contribution in [3.05, 3.63) is 87.4 Å². The third-order valence-corrected chi connectivity index (χ3v) is 7.72. The number of benzene rings is 2. The van der Waals surface area contributed by atoms with Crippen LogP contribution in [-0.2, 0) is 35.0 Å². The van der Waals surface area contributed by atoms with Gasteiger partial charge >= 0.3 is 0 Å². The van der Waals surface area contributed by atoms with Crippen LogP contribution >= 0.6 is 34.8 Å². The summed E-state index contributed by atoms with van der Waals surface area (Å²) in [5, 5.41) is 0.408. The Morgan fingerprint density at radius 2 is 0.956 bits per heavy atom. The number of aromatic nitrogens is 6. The molecule has 0 amide bonds. The van der Waals surface area contributed by atoms with Crippen LogP contribution < -0.4 is 5.73 Å². The molecule has 0 radical (unpaired) electrons. The predicted molar refractivity (Wildman–Crippen MR) is 180 cm³/mol. The third kappa shape index (κ3) is 15.7. The molecule has 0 saturated carbocycles. The van der Waals surface area contributed by atoms with Gasteiger partial charge in [-0.2, -0.15) is 21.8 Å². The Hall–Kier alpha value is -3.05. The van der Waals surface area contributed by atoms with Crippen molar-refractivity contribution in [1.29, 1.82) is 0 Å². The van der Waals surface area contributed by atoms with Crippen LogP contribution in [0.5, 0.6) is 0 Å². The van der Waals surface area contributed by atoms with Crippen LogP contribution in [0.15, 0.2) is 58.3 Å². The van der Waals surface area contributed by atoms with Crippen LogP contribution in [-0.4, -0.2) is 61.0 Å². The summed E-state index contributed by atoms with van der Waals surface area (Å²) in [6.07, 6.45) is 0.441. The molecule has 0 aliphatic carbocycles. The van der Waals surface area contributed by atoms with Gasteiger partial charge in [0.05, 0.1) is 24.0 Å². The van der Waals surface area contributed by atoms with Gasteiger partial charge in [0.2, 0.25) is 15.9 Å².